The van der Waals surface area contributed by atoms with Gasteiger partial charge in [-0.25, -0.2) is 0 Å². The smallest absolute Gasteiger partial charge is 0.258 e. The average molecular weight is 541 g/mol. The average Bonchev–Trinajstić information content (AvgIpc) is 3.15. The van der Waals surface area contributed by atoms with Crippen LogP contribution in [0.3, 0.4) is 0 Å². The highest BCUT2D eigenvalue weighted by atomic mass is 16.5. The number of carbonyl (C=O) groups excluding carboxylic acids is 3. The Morgan fingerprint density at radius 2 is 1.75 bits per heavy atom. The van der Waals surface area contributed by atoms with Crippen molar-refractivity contribution in [1.29, 1.82) is 0 Å². The van der Waals surface area contributed by atoms with Gasteiger partial charge in [0.25, 0.3) is 11.8 Å². The Morgan fingerprint density at radius 1 is 0.975 bits per heavy atom. The fourth-order valence-electron chi connectivity index (χ4n) is 5.85. The normalized spacial score (nSPS) is 17.4. The lowest BCUT2D eigenvalue weighted by Gasteiger charge is -2.37. The molecule has 1 heterocycles. The van der Waals surface area contributed by atoms with E-state index in [1.54, 1.807) is 54.5 Å². The second-order valence-corrected chi connectivity index (χ2v) is 10.6. The summed E-state index contributed by atoms with van der Waals surface area (Å²) in [6.45, 7) is 0.777. The first-order chi connectivity index (χ1) is 19.5. The van der Waals surface area contributed by atoms with Crippen LogP contribution in [0.4, 0.5) is 11.4 Å². The number of hydrogen-bond acceptors (Lipinski definition) is 5. The number of anilines is 2. The Bertz CT molecular complexity index is 1400. The first-order valence-corrected chi connectivity index (χ1v) is 13.9. The maximum atomic E-state index is 14.1. The summed E-state index contributed by atoms with van der Waals surface area (Å²) in [5.74, 6) is 0.188. The minimum absolute atomic E-state index is 0.158. The summed E-state index contributed by atoms with van der Waals surface area (Å²) in [7, 11) is 1.57. The Morgan fingerprint density at radius 3 is 2.52 bits per heavy atom. The monoisotopic (exact) mass is 540 g/mol. The maximum Gasteiger partial charge on any atom is 0.258 e. The molecule has 3 aromatic carbocycles. The number of nitrogens with two attached hydrogens (primary N) is 1. The molecule has 1 fully saturated rings. The summed E-state index contributed by atoms with van der Waals surface area (Å²) in [4.78, 5) is 42.2. The summed E-state index contributed by atoms with van der Waals surface area (Å²) >= 11 is 0. The molecule has 8 heteroatoms. The summed E-state index contributed by atoms with van der Waals surface area (Å²) in [6, 6.07) is 19.7. The van der Waals surface area contributed by atoms with E-state index in [9.17, 15) is 14.4 Å². The van der Waals surface area contributed by atoms with Gasteiger partial charge >= 0.3 is 0 Å². The van der Waals surface area contributed by atoms with Crippen molar-refractivity contribution in [2.75, 3.05) is 17.3 Å². The van der Waals surface area contributed by atoms with Crippen molar-refractivity contribution in [2.45, 2.75) is 57.7 Å². The van der Waals surface area contributed by atoms with Crippen LogP contribution in [0, 0.1) is 5.92 Å². The zero-order valence-corrected chi connectivity index (χ0v) is 22.8. The molecule has 1 aliphatic carbocycles. The largest absolute Gasteiger partial charge is 0.497 e. The molecule has 3 aromatic rings. The molecule has 1 aliphatic heterocycles. The fourth-order valence-corrected chi connectivity index (χ4v) is 5.85. The molecular weight excluding hydrogens is 504 g/mol. The van der Waals surface area contributed by atoms with Crippen LogP contribution in [-0.4, -0.2) is 30.9 Å². The van der Waals surface area contributed by atoms with Gasteiger partial charge in [0, 0.05) is 36.7 Å². The molecule has 2 aliphatic rings. The van der Waals surface area contributed by atoms with Crippen LogP contribution in [0.2, 0.25) is 0 Å². The third kappa shape index (κ3) is 6.02. The van der Waals surface area contributed by atoms with Crippen LogP contribution < -0.4 is 26.0 Å². The van der Waals surface area contributed by atoms with E-state index in [1.165, 1.54) is 6.42 Å². The standard InChI is InChI=1S/C32H36N4O4/c1-40-26-12-6-11-25(16-26)32(39)36-28-14-13-24(31(38)34-20-22-8-5-7-21(15-22)19-33)17-27(28)35-30(37)18-29(36)23-9-3-2-4-10-23/h5-8,11-17,23,29H,2-4,9-10,18-20,33H2,1H3,(H,34,38)(H,35,37). The molecule has 0 bridgehead atoms. The molecule has 40 heavy (non-hydrogen) atoms. The predicted molar refractivity (Wildman–Crippen MR) is 155 cm³/mol. The number of nitrogens with zero attached hydrogens (tertiary/aromatic N) is 1. The van der Waals surface area contributed by atoms with E-state index >= 15 is 0 Å². The topological polar surface area (TPSA) is 114 Å². The van der Waals surface area contributed by atoms with Gasteiger partial charge in [-0.3, -0.25) is 14.4 Å². The lowest BCUT2D eigenvalue weighted by Crippen LogP contribution is -2.46. The van der Waals surface area contributed by atoms with E-state index in [2.05, 4.69) is 10.6 Å². The van der Waals surface area contributed by atoms with E-state index in [1.807, 2.05) is 24.3 Å². The van der Waals surface area contributed by atoms with Crippen LogP contribution in [0.15, 0.2) is 66.7 Å². The van der Waals surface area contributed by atoms with Gasteiger partial charge in [-0.1, -0.05) is 49.6 Å². The number of rotatable bonds is 7. The van der Waals surface area contributed by atoms with Gasteiger partial charge in [-0.05, 0) is 66.3 Å². The van der Waals surface area contributed by atoms with E-state index < -0.39 is 0 Å². The molecule has 0 spiro atoms. The molecule has 5 rings (SSSR count). The number of methoxy groups -OCH3 is 1. The molecular formula is C32H36N4O4. The first kappa shape index (κ1) is 27.4. The van der Waals surface area contributed by atoms with E-state index in [0.29, 0.717) is 41.3 Å². The first-order valence-electron chi connectivity index (χ1n) is 13.9. The van der Waals surface area contributed by atoms with Crippen molar-refractivity contribution >= 4 is 29.1 Å². The molecule has 1 saturated carbocycles. The number of ether oxygens (including phenoxy) is 1. The van der Waals surface area contributed by atoms with Crippen molar-refractivity contribution in [3.8, 4) is 5.75 Å². The van der Waals surface area contributed by atoms with E-state index in [4.69, 9.17) is 10.5 Å². The highest BCUT2D eigenvalue weighted by Crippen LogP contribution is 2.39. The van der Waals surface area contributed by atoms with Crippen LogP contribution in [0.1, 0.15) is 70.4 Å². The molecule has 3 amide bonds. The van der Waals surface area contributed by atoms with Crippen molar-refractivity contribution in [2.24, 2.45) is 11.7 Å². The Hall–Kier alpha value is -4.17. The van der Waals surface area contributed by atoms with Crippen LogP contribution >= 0.6 is 0 Å². The van der Waals surface area contributed by atoms with Gasteiger partial charge in [0.15, 0.2) is 0 Å². The Labute approximate surface area is 234 Å². The molecule has 0 radical (unpaired) electrons. The van der Waals surface area contributed by atoms with Crippen molar-refractivity contribution in [1.82, 2.24) is 5.32 Å². The molecule has 8 nitrogen and oxygen atoms in total. The third-order valence-corrected chi connectivity index (χ3v) is 7.93. The quantitative estimate of drug-likeness (QED) is 0.389. The fraction of sp³-hybridized carbons (Fsp3) is 0.344. The van der Waals surface area contributed by atoms with Crippen LogP contribution in [0.5, 0.6) is 5.75 Å². The summed E-state index contributed by atoms with van der Waals surface area (Å²) in [6.07, 6.45) is 5.50. The highest BCUT2D eigenvalue weighted by molar-refractivity contribution is 6.12. The minimum Gasteiger partial charge on any atom is -0.497 e. The summed E-state index contributed by atoms with van der Waals surface area (Å²) in [5.41, 5.74) is 9.63. The van der Waals surface area contributed by atoms with Gasteiger partial charge in [-0.15, -0.1) is 0 Å². The molecule has 208 valence electrons. The molecule has 1 unspecified atom stereocenters. The van der Waals surface area contributed by atoms with E-state index in [-0.39, 0.29) is 36.1 Å². The number of amides is 3. The number of benzene rings is 3. The zero-order valence-electron chi connectivity index (χ0n) is 22.8. The second kappa shape index (κ2) is 12.3. The van der Waals surface area contributed by atoms with Crippen molar-refractivity contribution in [3.63, 3.8) is 0 Å². The Kier molecular flexibility index (Phi) is 8.45. The minimum atomic E-state index is -0.283. The molecule has 0 aromatic heterocycles. The maximum absolute atomic E-state index is 14.1. The Balaban J connectivity index is 1.47. The second-order valence-electron chi connectivity index (χ2n) is 10.6. The lowest BCUT2D eigenvalue weighted by molar-refractivity contribution is -0.116. The highest BCUT2D eigenvalue weighted by Gasteiger charge is 2.38. The van der Waals surface area contributed by atoms with Crippen molar-refractivity contribution in [3.05, 3.63) is 89.0 Å². The van der Waals surface area contributed by atoms with E-state index in [0.717, 1.165) is 36.8 Å². The number of carbonyl (C=O) groups is 3. The molecule has 1 atom stereocenters. The van der Waals surface area contributed by atoms with Crippen LogP contribution in [-0.2, 0) is 17.9 Å². The summed E-state index contributed by atoms with van der Waals surface area (Å²) < 4.78 is 5.37. The number of fused-ring (bicyclic) bond motifs is 1. The predicted octanol–water partition coefficient (Wildman–Crippen LogP) is 5.02. The molecule has 4 N–H and O–H groups in total. The van der Waals surface area contributed by atoms with Crippen LogP contribution in [0.25, 0.3) is 0 Å². The van der Waals surface area contributed by atoms with Gasteiger partial charge < -0.3 is 26.0 Å². The summed E-state index contributed by atoms with van der Waals surface area (Å²) in [5, 5.41) is 5.93. The lowest BCUT2D eigenvalue weighted by atomic mass is 9.81. The number of hydrogen-bond donors (Lipinski definition) is 3. The molecule has 0 saturated heterocycles. The number of nitrogens with one attached hydrogen (secondary N) is 2. The van der Waals surface area contributed by atoms with Gasteiger partial charge in [0.05, 0.1) is 18.5 Å². The van der Waals surface area contributed by atoms with Gasteiger partial charge in [-0.2, -0.15) is 0 Å². The van der Waals surface area contributed by atoms with Gasteiger partial charge in [0.2, 0.25) is 5.91 Å². The van der Waals surface area contributed by atoms with Gasteiger partial charge in [0.1, 0.15) is 5.75 Å². The SMILES string of the molecule is COc1cccc(C(=O)N2c3ccc(C(=O)NCc4cccc(CN)c4)cc3NC(=O)CC2C2CCCCC2)c1. The zero-order chi connectivity index (χ0) is 28.1. The van der Waals surface area contributed by atoms with Crippen molar-refractivity contribution < 1.29 is 19.1 Å². The third-order valence-electron chi connectivity index (χ3n) is 7.93.